The van der Waals surface area contributed by atoms with Gasteiger partial charge in [-0.25, -0.2) is 4.39 Å². The van der Waals surface area contributed by atoms with Crippen LogP contribution in [0.4, 0.5) is 4.39 Å². The highest BCUT2D eigenvalue weighted by molar-refractivity contribution is 5.81. The number of nitrogens with one attached hydrogen (secondary N) is 2. The normalized spacial score (nSPS) is 20.4. The van der Waals surface area contributed by atoms with Crippen molar-refractivity contribution in [2.24, 2.45) is 0 Å². The maximum absolute atomic E-state index is 14.4. The van der Waals surface area contributed by atoms with Crippen molar-refractivity contribution in [3.8, 4) is 0 Å². The Labute approximate surface area is 107 Å². The molecule has 1 unspecified atom stereocenters. The highest BCUT2D eigenvalue weighted by atomic mass is 19.1. The maximum atomic E-state index is 14.4. The van der Waals surface area contributed by atoms with E-state index in [0.29, 0.717) is 6.04 Å². The van der Waals surface area contributed by atoms with Crippen LogP contribution in [0.3, 0.4) is 0 Å². The van der Waals surface area contributed by atoms with Crippen LogP contribution in [0.5, 0.6) is 0 Å². The molecule has 0 spiro atoms. The minimum absolute atomic E-state index is 0.0516. The van der Waals surface area contributed by atoms with Crippen LogP contribution in [0.1, 0.15) is 30.5 Å². The Kier molecular flexibility index (Phi) is 3.08. The summed E-state index contributed by atoms with van der Waals surface area (Å²) in [5, 5.41) is 4.20. The number of halogens is 1. The molecule has 1 atom stereocenters. The van der Waals surface area contributed by atoms with Crippen LogP contribution < -0.4 is 5.32 Å². The molecule has 0 amide bonds. The second kappa shape index (κ2) is 4.73. The molecule has 1 aromatic heterocycles. The van der Waals surface area contributed by atoms with Crippen molar-refractivity contribution in [3.63, 3.8) is 0 Å². The lowest BCUT2D eigenvalue weighted by Gasteiger charge is -2.23. The molecule has 1 aliphatic heterocycles. The Balaban J connectivity index is 1.89. The van der Waals surface area contributed by atoms with Crippen LogP contribution in [-0.4, -0.2) is 17.6 Å². The lowest BCUT2D eigenvalue weighted by atomic mass is 9.97. The summed E-state index contributed by atoms with van der Waals surface area (Å²) >= 11 is 0. The van der Waals surface area contributed by atoms with E-state index in [1.807, 2.05) is 25.1 Å². The van der Waals surface area contributed by atoms with Crippen LogP contribution in [0.15, 0.2) is 18.2 Å². The number of hydrogen-bond donors (Lipinski definition) is 2. The van der Waals surface area contributed by atoms with E-state index in [0.717, 1.165) is 41.5 Å². The van der Waals surface area contributed by atoms with Crippen LogP contribution in [0.2, 0.25) is 0 Å². The third-order valence-corrected chi connectivity index (χ3v) is 3.83. The lowest BCUT2D eigenvalue weighted by Crippen LogP contribution is -2.35. The first-order valence-electron chi connectivity index (χ1n) is 6.74. The third-order valence-electron chi connectivity index (χ3n) is 3.83. The van der Waals surface area contributed by atoms with Gasteiger partial charge in [0.05, 0.1) is 0 Å². The smallest absolute Gasteiger partial charge is 0.135 e. The van der Waals surface area contributed by atoms with Crippen LogP contribution in [0, 0.1) is 12.7 Å². The number of benzene rings is 1. The van der Waals surface area contributed by atoms with Gasteiger partial charge in [-0.05, 0) is 50.4 Å². The predicted molar refractivity (Wildman–Crippen MR) is 72.3 cm³/mol. The van der Waals surface area contributed by atoms with Gasteiger partial charge in [-0.3, -0.25) is 0 Å². The molecule has 2 aromatic rings. The molecular formula is C15H19FN2. The predicted octanol–water partition coefficient (Wildman–Crippen LogP) is 3.30. The van der Waals surface area contributed by atoms with Gasteiger partial charge in [0.25, 0.3) is 0 Å². The molecule has 0 radical (unpaired) electrons. The monoisotopic (exact) mass is 246 g/mol. The Morgan fingerprint density at radius 1 is 1.33 bits per heavy atom. The number of aromatic nitrogens is 1. The quantitative estimate of drug-likeness (QED) is 0.836. The topological polar surface area (TPSA) is 27.8 Å². The molecular weight excluding hydrogens is 227 g/mol. The fraction of sp³-hybridized carbons (Fsp3) is 0.467. The summed E-state index contributed by atoms with van der Waals surface area (Å²) in [4.78, 5) is 3.17. The maximum Gasteiger partial charge on any atom is 0.135 e. The van der Waals surface area contributed by atoms with Crippen molar-refractivity contribution >= 4 is 10.9 Å². The molecule has 0 saturated carbocycles. The molecule has 1 aliphatic rings. The number of fused-ring (bicyclic) bond motifs is 1. The molecule has 2 N–H and O–H groups in total. The van der Waals surface area contributed by atoms with E-state index in [1.54, 1.807) is 0 Å². The van der Waals surface area contributed by atoms with Crippen molar-refractivity contribution in [2.45, 2.75) is 38.6 Å². The molecule has 18 heavy (non-hydrogen) atoms. The van der Waals surface area contributed by atoms with Gasteiger partial charge in [0, 0.05) is 22.6 Å². The highest BCUT2D eigenvalue weighted by Gasteiger charge is 2.16. The largest absolute Gasteiger partial charge is 0.359 e. The van der Waals surface area contributed by atoms with Gasteiger partial charge in [-0.15, -0.1) is 0 Å². The second-order valence-electron chi connectivity index (χ2n) is 5.30. The summed E-state index contributed by atoms with van der Waals surface area (Å²) in [6, 6.07) is 6.24. The summed E-state index contributed by atoms with van der Waals surface area (Å²) in [6.45, 7) is 3.03. The number of aromatic amines is 1. The van der Waals surface area contributed by atoms with Crippen molar-refractivity contribution in [3.05, 3.63) is 35.3 Å². The minimum Gasteiger partial charge on any atom is -0.359 e. The Bertz CT molecular complexity index is 553. The molecule has 0 aliphatic carbocycles. The molecule has 1 saturated heterocycles. The van der Waals surface area contributed by atoms with E-state index >= 15 is 0 Å². The van der Waals surface area contributed by atoms with Gasteiger partial charge in [0.2, 0.25) is 0 Å². The Morgan fingerprint density at radius 2 is 2.22 bits per heavy atom. The Hall–Kier alpha value is -1.35. The number of rotatable bonds is 2. The van der Waals surface area contributed by atoms with Crippen molar-refractivity contribution in [2.75, 3.05) is 6.54 Å². The van der Waals surface area contributed by atoms with E-state index in [9.17, 15) is 4.39 Å². The molecule has 2 heterocycles. The average molecular weight is 246 g/mol. The summed E-state index contributed by atoms with van der Waals surface area (Å²) < 4.78 is 14.4. The summed E-state index contributed by atoms with van der Waals surface area (Å²) in [5.74, 6) is -0.0516. The van der Waals surface area contributed by atoms with E-state index in [1.165, 1.54) is 12.8 Å². The molecule has 3 rings (SSSR count). The zero-order chi connectivity index (χ0) is 12.5. The standard InChI is InChI=1S/C15H19FN2/c1-10-8-13-14(18-10)6-5-11(15(13)16)9-12-4-2-3-7-17-12/h5-6,8,12,17-18H,2-4,7,9H2,1H3. The first-order chi connectivity index (χ1) is 8.74. The summed E-state index contributed by atoms with van der Waals surface area (Å²) in [5.41, 5.74) is 2.74. The van der Waals surface area contributed by atoms with E-state index < -0.39 is 0 Å². The molecule has 3 heteroatoms. The SMILES string of the molecule is Cc1cc2c(F)c(CC3CCCCN3)ccc2[nH]1. The van der Waals surface area contributed by atoms with Crippen LogP contribution in [-0.2, 0) is 6.42 Å². The zero-order valence-corrected chi connectivity index (χ0v) is 10.7. The van der Waals surface area contributed by atoms with Gasteiger partial charge in [0.15, 0.2) is 0 Å². The summed E-state index contributed by atoms with van der Waals surface area (Å²) in [7, 11) is 0. The number of hydrogen-bond acceptors (Lipinski definition) is 1. The third kappa shape index (κ3) is 2.15. The van der Waals surface area contributed by atoms with E-state index in [-0.39, 0.29) is 5.82 Å². The first kappa shape index (κ1) is 11.7. The Morgan fingerprint density at radius 3 is 3.00 bits per heavy atom. The van der Waals surface area contributed by atoms with Crippen molar-refractivity contribution < 1.29 is 4.39 Å². The van der Waals surface area contributed by atoms with E-state index in [4.69, 9.17) is 0 Å². The van der Waals surface area contributed by atoms with Gasteiger partial charge >= 0.3 is 0 Å². The number of piperidine rings is 1. The number of H-pyrrole nitrogens is 1. The average Bonchev–Trinajstić information content (AvgIpc) is 2.76. The molecule has 96 valence electrons. The van der Waals surface area contributed by atoms with Gasteiger partial charge < -0.3 is 10.3 Å². The van der Waals surface area contributed by atoms with Gasteiger partial charge in [-0.2, -0.15) is 0 Å². The molecule has 0 bridgehead atoms. The fourth-order valence-electron chi connectivity index (χ4n) is 2.87. The summed E-state index contributed by atoms with van der Waals surface area (Å²) in [6.07, 6.45) is 4.45. The highest BCUT2D eigenvalue weighted by Crippen LogP contribution is 2.24. The molecule has 1 fully saturated rings. The van der Waals surface area contributed by atoms with Crippen molar-refractivity contribution in [1.29, 1.82) is 0 Å². The van der Waals surface area contributed by atoms with Crippen LogP contribution >= 0.6 is 0 Å². The van der Waals surface area contributed by atoms with Crippen molar-refractivity contribution in [1.82, 2.24) is 10.3 Å². The molecule has 2 nitrogen and oxygen atoms in total. The van der Waals surface area contributed by atoms with E-state index in [2.05, 4.69) is 10.3 Å². The zero-order valence-electron chi connectivity index (χ0n) is 10.7. The number of aryl methyl sites for hydroxylation is 1. The lowest BCUT2D eigenvalue weighted by molar-refractivity contribution is 0.395. The minimum atomic E-state index is -0.0516. The first-order valence-corrected chi connectivity index (χ1v) is 6.74. The second-order valence-corrected chi connectivity index (χ2v) is 5.30. The van der Waals surface area contributed by atoms with Crippen LogP contribution in [0.25, 0.3) is 10.9 Å². The van der Waals surface area contributed by atoms with Gasteiger partial charge in [0.1, 0.15) is 5.82 Å². The fourth-order valence-corrected chi connectivity index (χ4v) is 2.87. The molecule has 1 aromatic carbocycles. The van der Waals surface area contributed by atoms with Gasteiger partial charge in [-0.1, -0.05) is 12.5 Å².